The lowest BCUT2D eigenvalue weighted by Crippen LogP contribution is -2.27. The molecule has 0 aliphatic carbocycles. The predicted molar refractivity (Wildman–Crippen MR) is 77.0 cm³/mol. The third-order valence-corrected chi connectivity index (χ3v) is 3.61. The van der Waals surface area contributed by atoms with Gasteiger partial charge in [0.05, 0.1) is 11.0 Å². The van der Waals surface area contributed by atoms with Crippen molar-refractivity contribution >= 4 is 11.0 Å². The van der Waals surface area contributed by atoms with Crippen LogP contribution in [0.3, 0.4) is 0 Å². The monoisotopic (exact) mass is 245 g/mol. The van der Waals surface area contributed by atoms with E-state index in [0.29, 0.717) is 6.04 Å². The van der Waals surface area contributed by atoms with Crippen LogP contribution in [0.1, 0.15) is 37.2 Å². The highest BCUT2D eigenvalue weighted by atomic mass is 14.9. The summed E-state index contributed by atoms with van der Waals surface area (Å²) in [7, 11) is 0. The average Bonchev–Trinajstić information content (AvgIpc) is 2.71. The van der Waals surface area contributed by atoms with E-state index in [4.69, 9.17) is 0 Å². The van der Waals surface area contributed by atoms with E-state index in [0.717, 1.165) is 29.8 Å². The molecule has 2 N–H and O–H groups in total. The molecule has 0 saturated heterocycles. The molecule has 0 radical (unpaired) electrons. The van der Waals surface area contributed by atoms with Crippen molar-refractivity contribution in [3.8, 4) is 0 Å². The van der Waals surface area contributed by atoms with E-state index >= 15 is 0 Å². The van der Waals surface area contributed by atoms with Crippen LogP contribution >= 0.6 is 0 Å². The number of imidazole rings is 1. The standard InChI is InChI=1S/C15H23N3/c1-5-12(4)16-7-6-15-17-13-8-10(2)11(3)9-14(13)18-15/h8-9,12,16H,5-7H2,1-4H3,(H,17,18). The quantitative estimate of drug-likeness (QED) is 0.849. The first kappa shape index (κ1) is 13.1. The molecule has 0 saturated carbocycles. The number of hydrogen-bond donors (Lipinski definition) is 2. The van der Waals surface area contributed by atoms with Gasteiger partial charge < -0.3 is 10.3 Å². The molecule has 1 atom stereocenters. The van der Waals surface area contributed by atoms with E-state index in [9.17, 15) is 0 Å². The molecule has 0 fully saturated rings. The van der Waals surface area contributed by atoms with Gasteiger partial charge in [-0.05, 0) is 50.5 Å². The Kier molecular flexibility index (Phi) is 4.02. The Bertz CT molecular complexity index is 489. The van der Waals surface area contributed by atoms with Gasteiger partial charge in [0.15, 0.2) is 0 Å². The Labute approximate surface area is 109 Å². The van der Waals surface area contributed by atoms with Crippen molar-refractivity contribution in [3.05, 3.63) is 29.1 Å². The number of aromatic amines is 1. The number of aryl methyl sites for hydroxylation is 2. The van der Waals surface area contributed by atoms with Crippen LogP contribution in [0.25, 0.3) is 11.0 Å². The third kappa shape index (κ3) is 2.91. The van der Waals surface area contributed by atoms with Crippen molar-refractivity contribution in [1.29, 1.82) is 0 Å². The van der Waals surface area contributed by atoms with Crippen LogP contribution in [0.2, 0.25) is 0 Å². The minimum absolute atomic E-state index is 0.582. The second kappa shape index (κ2) is 5.53. The van der Waals surface area contributed by atoms with E-state index in [-0.39, 0.29) is 0 Å². The average molecular weight is 245 g/mol. The van der Waals surface area contributed by atoms with Gasteiger partial charge in [0.2, 0.25) is 0 Å². The molecule has 0 amide bonds. The van der Waals surface area contributed by atoms with Crippen molar-refractivity contribution in [2.24, 2.45) is 0 Å². The summed E-state index contributed by atoms with van der Waals surface area (Å²) in [5, 5.41) is 3.49. The molecule has 2 rings (SSSR count). The lowest BCUT2D eigenvalue weighted by molar-refractivity contribution is 0.534. The van der Waals surface area contributed by atoms with E-state index < -0.39 is 0 Å². The van der Waals surface area contributed by atoms with Crippen LogP contribution in [0.5, 0.6) is 0 Å². The largest absolute Gasteiger partial charge is 0.342 e. The van der Waals surface area contributed by atoms with Gasteiger partial charge in [-0.2, -0.15) is 0 Å². The van der Waals surface area contributed by atoms with Gasteiger partial charge in [0.25, 0.3) is 0 Å². The van der Waals surface area contributed by atoms with Gasteiger partial charge in [0, 0.05) is 19.0 Å². The second-order valence-corrected chi connectivity index (χ2v) is 5.15. The molecule has 1 aromatic carbocycles. The van der Waals surface area contributed by atoms with E-state index in [1.807, 2.05) is 0 Å². The van der Waals surface area contributed by atoms with Crippen molar-refractivity contribution in [2.45, 2.75) is 46.6 Å². The van der Waals surface area contributed by atoms with Gasteiger partial charge >= 0.3 is 0 Å². The highest BCUT2D eigenvalue weighted by Gasteiger charge is 2.05. The number of aromatic nitrogens is 2. The SMILES string of the molecule is CCC(C)NCCc1nc2cc(C)c(C)cc2[nH]1. The fraction of sp³-hybridized carbons (Fsp3) is 0.533. The van der Waals surface area contributed by atoms with Gasteiger partial charge in [-0.25, -0.2) is 4.98 Å². The topological polar surface area (TPSA) is 40.7 Å². The zero-order chi connectivity index (χ0) is 13.1. The van der Waals surface area contributed by atoms with Crippen LogP contribution in [-0.4, -0.2) is 22.6 Å². The molecule has 0 aliphatic rings. The summed E-state index contributed by atoms with van der Waals surface area (Å²) in [6.07, 6.45) is 2.12. The molecular formula is C15H23N3. The van der Waals surface area contributed by atoms with Gasteiger partial charge in [-0.3, -0.25) is 0 Å². The lowest BCUT2D eigenvalue weighted by Gasteiger charge is -2.09. The maximum Gasteiger partial charge on any atom is 0.108 e. The minimum atomic E-state index is 0.582. The fourth-order valence-corrected chi connectivity index (χ4v) is 2.02. The van der Waals surface area contributed by atoms with Crippen molar-refractivity contribution < 1.29 is 0 Å². The normalized spacial score (nSPS) is 13.1. The van der Waals surface area contributed by atoms with E-state index in [2.05, 4.69) is 55.1 Å². The number of H-pyrrole nitrogens is 1. The van der Waals surface area contributed by atoms with Crippen molar-refractivity contribution in [2.75, 3.05) is 6.54 Å². The summed E-state index contributed by atoms with van der Waals surface area (Å²) < 4.78 is 0. The second-order valence-electron chi connectivity index (χ2n) is 5.15. The molecule has 1 heterocycles. The zero-order valence-electron chi connectivity index (χ0n) is 11.8. The van der Waals surface area contributed by atoms with Crippen LogP contribution in [0, 0.1) is 13.8 Å². The first-order valence-electron chi connectivity index (χ1n) is 6.79. The highest BCUT2D eigenvalue weighted by Crippen LogP contribution is 2.17. The molecule has 0 aliphatic heterocycles. The van der Waals surface area contributed by atoms with Gasteiger partial charge in [-0.15, -0.1) is 0 Å². The Morgan fingerprint density at radius 2 is 2.00 bits per heavy atom. The third-order valence-electron chi connectivity index (χ3n) is 3.61. The van der Waals surface area contributed by atoms with Crippen LogP contribution < -0.4 is 5.32 Å². The number of nitrogens with zero attached hydrogens (tertiary/aromatic N) is 1. The van der Waals surface area contributed by atoms with Crippen molar-refractivity contribution in [1.82, 2.24) is 15.3 Å². The number of hydrogen-bond acceptors (Lipinski definition) is 2. The van der Waals surface area contributed by atoms with E-state index in [1.165, 1.54) is 17.5 Å². The lowest BCUT2D eigenvalue weighted by atomic mass is 10.1. The summed E-state index contributed by atoms with van der Waals surface area (Å²) in [5.41, 5.74) is 4.85. The molecule has 3 nitrogen and oxygen atoms in total. The van der Waals surface area contributed by atoms with Crippen molar-refractivity contribution in [3.63, 3.8) is 0 Å². The smallest absolute Gasteiger partial charge is 0.108 e. The number of fused-ring (bicyclic) bond motifs is 1. The molecule has 18 heavy (non-hydrogen) atoms. The van der Waals surface area contributed by atoms with E-state index in [1.54, 1.807) is 0 Å². The first-order valence-corrected chi connectivity index (χ1v) is 6.79. The molecule has 98 valence electrons. The number of rotatable bonds is 5. The van der Waals surface area contributed by atoms with Crippen LogP contribution in [0.4, 0.5) is 0 Å². The van der Waals surface area contributed by atoms with Crippen LogP contribution in [-0.2, 0) is 6.42 Å². The Hall–Kier alpha value is -1.35. The zero-order valence-corrected chi connectivity index (χ0v) is 11.8. The number of benzene rings is 1. The van der Waals surface area contributed by atoms with Gasteiger partial charge in [-0.1, -0.05) is 6.92 Å². The molecule has 1 aromatic heterocycles. The molecule has 1 unspecified atom stereocenters. The maximum absolute atomic E-state index is 4.64. The van der Waals surface area contributed by atoms with Gasteiger partial charge in [0.1, 0.15) is 5.82 Å². The Balaban J connectivity index is 2.06. The summed E-state index contributed by atoms with van der Waals surface area (Å²) in [6.45, 7) is 9.66. The molecule has 0 bridgehead atoms. The summed E-state index contributed by atoms with van der Waals surface area (Å²) in [6, 6.07) is 4.93. The highest BCUT2D eigenvalue weighted by molar-refractivity contribution is 5.77. The number of nitrogens with one attached hydrogen (secondary N) is 2. The summed E-state index contributed by atoms with van der Waals surface area (Å²) in [4.78, 5) is 8.05. The minimum Gasteiger partial charge on any atom is -0.342 e. The Morgan fingerprint density at radius 3 is 2.72 bits per heavy atom. The first-order chi connectivity index (χ1) is 8.60. The maximum atomic E-state index is 4.64. The molecule has 3 heteroatoms. The Morgan fingerprint density at radius 1 is 1.28 bits per heavy atom. The predicted octanol–water partition coefficient (Wildman–Crippen LogP) is 3.11. The van der Waals surface area contributed by atoms with Crippen LogP contribution in [0.15, 0.2) is 12.1 Å². The summed E-state index contributed by atoms with van der Waals surface area (Å²) >= 11 is 0. The fourth-order valence-electron chi connectivity index (χ4n) is 2.02. The molecule has 0 spiro atoms. The summed E-state index contributed by atoms with van der Waals surface area (Å²) in [5.74, 6) is 1.07. The molecule has 2 aromatic rings. The molecular weight excluding hydrogens is 222 g/mol.